The van der Waals surface area contributed by atoms with Gasteiger partial charge in [-0.25, -0.2) is 0 Å². The van der Waals surface area contributed by atoms with Crippen LogP contribution < -0.4 is 4.74 Å². The van der Waals surface area contributed by atoms with Crippen molar-refractivity contribution in [3.05, 3.63) is 29.8 Å². The monoisotopic (exact) mass is 344 g/mol. The van der Waals surface area contributed by atoms with Crippen LogP contribution in [-0.4, -0.2) is 54.4 Å². The van der Waals surface area contributed by atoms with Crippen LogP contribution in [0.2, 0.25) is 0 Å². The van der Waals surface area contributed by atoms with Gasteiger partial charge in [0, 0.05) is 44.1 Å². The van der Waals surface area contributed by atoms with E-state index >= 15 is 0 Å². The molecule has 2 heterocycles. The normalized spacial score (nSPS) is 20.6. The van der Waals surface area contributed by atoms with E-state index in [-0.39, 0.29) is 11.8 Å². The van der Waals surface area contributed by atoms with Gasteiger partial charge >= 0.3 is 0 Å². The van der Waals surface area contributed by atoms with Gasteiger partial charge in [0.15, 0.2) is 0 Å². The van der Waals surface area contributed by atoms with Crippen LogP contribution in [0, 0.1) is 5.92 Å². The summed E-state index contributed by atoms with van der Waals surface area (Å²) in [7, 11) is 0. The molecule has 0 N–H and O–H groups in total. The Bertz CT molecular complexity index is 593. The van der Waals surface area contributed by atoms with E-state index in [2.05, 4.69) is 0 Å². The second-order valence-corrected chi connectivity index (χ2v) is 7.04. The Labute approximate surface area is 149 Å². The SMILES string of the molecule is CCC(=O)N1CCCC(COc2ccc(C(=O)N3CCCC3)cc2)C1. The lowest BCUT2D eigenvalue weighted by Gasteiger charge is -2.32. The maximum atomic E-state index is 12.3. The second-order valence-electron chi connectivity index (χ2n) is 7.04. The average Bonchev–Trinajstić information content (AvgIpc) is 3.20. The zero-order valence-electron chi connectivity index (χ0n) is 15.1. The van der Waals surface area contributed by atoms with Gasteiger partial charge in [0.1, 0.15) is 5.75 Å². The molecule has 2 aliphatic heterocycles. The molecule has 0 bridgehead atoms. The highest BCUT2D eigenvalue weighted by molar-refractivity contribution is 5.94. The molecule has 0 spiro atoms. The van der Waals surface area contributed by atoms with Crippen molar-refractivity contribution in [3.8, 4) is 5.75 Å². The first kappa shape index (κ1) is 17.8. The van der Waals surface area contributed by atoms with Crippen LogP contribution >= 0.6 is 0 Å². The largest absolute Gasteiger partial charge is 0.493 e. The molecule has 1 aromatic carbocycles. The van der Waals surface area contributed by atoms with Crippen molar-refractivity contribution in [2.75, 3.05) is 32.8 Å². The Morgan fingerprint density at radius 1 is 1.04 bits per heavy atom. The Balaban J connectivity index is 1.50. The molecule has 25 heavy (non-hydrogen) atoms. The Morgan fingerprint density at radius 3 is 2.40 bits per heavy atom. The molecule has 2 aliphatic rings. The summed E-state index contributed by atoms with van der Waals surface area (Å²) in [6.07, 6.45) is 4.92. The van der Waals surface area contributed by atoms with Gasteiger partial charge in [-0.05, 0) is 49.9 Å². The standard InChI is InChI=1S/C20H28N2O3/c1-2-19(23)22-13-5-6-16(14-22)15-25-18-9-7-17(8-10-18)20(24)21-11-3-4-12-21/h7-10,16H,2-6,11-15H2,1H3. The van der Waals surface area contributed by atoms with Crippen LogP contribution in [0.3, 0.4) is 0 Å². The number of nitrogens with zero attached hydrogens (tertiary/aromatic N) is 2. The summed E-state index contributed by atoms with van der Waals surface area (Å²) >= 11 is 0. The van der Waals surface area contributed by atoms with E-state index in [1.54, 1.807) is 0 Å². The molecule has 0 radical (unpaired) electrons. The molecule has 2 amide bonds. The summed E-state index contributed by atoms with van der Waals surface area (Å²) < 4.78 is 5.90. The van der Waals surface area contributed by atoms with Crippen LogP contribution in [0.15, 0.2) is 24.3 Å². The fourth-order valence-electron chi connectivity index (χ4n) is 3.66. The van der Waals surface area contributed by atoms with Crippen LogP contribution in [0.4, 0.5) is 0 Å². The number of carbonyl (C=O) groups excluding carboxylic acids is 2. The smallest absolute Gasteiger partial charge is 0.253 e. The Morgan fingerprint density at radius 2 is 1.72 bits per heavy atom. The predicted octanol–water partition coefficient (Wildman–Crippen LogP) is 2.95. The maximum absolute atomic E-state index is 12.3. The van der Waals surface area contributed by atoms with Crippen LogP contribution in [0.5, 0.6) is 5.75 Å². The third kappa shape index (κ3) is 4.53. The summed E-state index contributed by atoms with van der Waals surface area (Å²) in [5, 5.41) is 0. The van der Waals surface area contributed by atoms with Crippen molar-refractivity contribution in [2.24, 2.45) is 5.92 Å². The summed E-state index contributed by atoms with van der Waals surface area (Å²) in [5.74, 6) is 1.52. The molecule has 5 heteroatoms. The number of benzene rings is 1. The molecule has 0 aromatic heterocycles. The Kier molecular flexibility index (Phi) is 5.95. The first-order valence-electron chi connectivity index (χ1n) is 9.47. The van der Waals surface area contributed by atoms with Gasteiger partial charge in [-0.1, -0.05) is 6.92 Å². The van der Waals surface area contributed by atoms with Gasteiger partial charge in [-0.3, -0.25) is 9.59 Å². The summed E-state index contributed by atoms with van der Waals surface area (Å²) in [4.78, 5) is 28.1. The molecule has 1 unspecified atom stereocenters. The number of carbonyl (C=O) groups is 2. The van der Waals surface area contributed by atoms with Crippen molar-refractivity contribution < 1.29 is 14.3 Å². The third-order valence-corrected chi connectivity index (χ3v) is 5.15. The topological polar surface area (TPSA) is 49.9 Å². The minimum Gasteiger partial charge on any atom is -0.493 e. The highest BCUT2D eigenvalue weighted by Crippen LogP contribution is 2.21. The van der Waals surface area contributed by atoms with Gasteiger partial charge in [-0.15, -0.1) is 0 Å². The maximum Gasteiger partial charge on any atom is 0.253 e. The lowest BCUT2D eigenvalue weighted by molar-refractivity contribution is -0.132. The van der Waals surface area contributed by atoms with Gasteiger partial charge in [0.25, 0.3) is 5.91 Å². The highest BCUT2D eigenvalue weighted by atomic mass is 16.5. The number of ether oxygens (including phenoxy) is 1. The molecule has 2 saturated heterocycles. The van der Waals surface area contributed by atoms with Crippen LogP contribution in [0.1, 0.15) is 49.4 Å². The van der Waals surface area contributed by atoms with E-state index < -0.39 is 0 Å². The molecule has 1 atom stereocenters. The van der Waals surface area contributed by atoms with E-state index in [0.717, 1.165) is 63.2 Å². The number of piperidine rings is 1. The number of hydrogen-bond acceptors (Lipinski definition) is 3. The van der Waals surface area contributed by atoms with E-state index in [9.17, 15) is 9.59 Å². The summed E-state index contributed by atoms with van der Waals surface area (Å²) in [6.45, 7) is 5.92. The minimum atomic E-state index is 0.116. The van der Waals surface area contributed by atoms with Crippen LogP contribution in [0.25, 0.3) is 0 Å². The van der Waals surface area contributed by atoms with E-state index in [4.69, 9.17) is 4.74 Å². The average molecular weight is 344 g/mol. The van der Waals surface area contributed by atoms with Crippen molar-refractivity contribution in [2.45, 2.75) is 39.0 Å². The van der Waals surface area contributed by atoms with Gasteiger partial charge in [0.2, 0.25) is 5.91 Å². The lowest BCUT2D eigenvalue weighted by atomic mass is 9.99. The van der Waals surface area contributed by atoms with Gasteiger partial charge < -0.3 is 14.5 Å². The van der Waals surface area contributed by atoms with Crippen LogP contribution in [-0.2, 0) is 4.79 Å². The quantitative estimate of drug-likeness (QED) is 0.825. The van der Waals surface area contributed by atoms with E-state index in [1.807, 2.05) is 41.0 Å². The molecular weight excluding hydrogens is 316 g/mol. The Hall–Kier alpha value is -2.04. The van der Waals surface area contributed by atoms with Crippen molar-refractivity contribution in [1.29, 1.82) is 0 Å². The van der Waals surface area contributed by atoms with Gasteiger partial charge in [-0.2, -0.15) is 0 Å². The number of likely N-dealkylation sites (tertiary alicyclic amines) is 2. The van der Waals surface area contributed by atoms with Crippen molar-refractivity contribution in [3.63, 3.8) is 0 Å². The predicted molar refractivity (Wildman–Crippen MR) is 96.7 cm³/mol. The molecular formula is C20H28N2O3. The first-order chi connectivity index (χ1) is 12.2. The molecule has 3 rings (SSSR count). The fraction of sp³-hybridized carbons (Fsp3) is 0.600. The first-order valence-corrected chi connectivity index (χ1v) is 9.47. The molecule has 1 aromatic rings. The highest BCUT2D eigenvalue weighted by Gasteiger charge is 2.23. The summed E-state index contributed by atoms with van der Waals surface area (Å²) in [5.41, 5.74) is 0.728. The van der Waals surface area contributed by atoms with Crippen molar-refractivity contribution >= 4 is 11.8 Å². The van der Waals surface area contributed by atoms with Gasteiger partial charge in [0.05, 0.1) is 6.61 Å². The zero-order chi connectivity index (χ0) is 17.6. The number of amides is 2. The number of hydrogen-bond donors (Lipinski definition) is 0. The fourth-order valence-corrected chi connectivity index (χ4v) is 3.66. The zero-order valence-corrected chi connectivity index (χ0v) is 15.1. The second kappa shape index (κ2) is 8.37. The molecule has 0 saturated carbocycles. The van der Waals surface area contributed by atoms with E-state index in [1.165, 1.54) is 0 Å². The molecule has 5 nitrogen and oxygen atoms in total. The lowest BCUT2D eigenvalue weighted by Crippen LogP contribution is -2.41. The minimum absolute atomic E-state index is 0.116. The van der Waals surface area contributed by atoms with E-state index in [0.29, 0.717) is 18.9 Å². The third-order valence-electron chi connectivity index (χ3n) is 5.15. The number of rotatable bonds is 5. The molecule has 136 valence electrons. The molecule has 0 aliphatic carbocycles. The molecule has 2 fully saturated rings. The van der Waals surface area contributed by atoms with Crippen molar-refractivity contribution in [1.82, 2.24) is 9.80 Å². The summed E-state index contributed by atoms with van der Waals surface area (Å²) in [6, 6.07) is 7.45.